The third-order valence-electron chi connectivity index (χ3n) is 4.10. The van der Waals surface area contributed by atoms with Gasteiger partial charge in [0.25, 0.3) is 0 Å². The summed E-state index contributed by atoms with van der Waals surface area (Å²) in [4.78, 5) is 40.3. The van der Waals surface area contributed by atoms with Gasteiger partial charge in [0.05, 0.1) is 6.54 Å². The maximum atomic E-state index is 12.1. The van der Waals surface area contributed by atoms with Crippen molar-refractivity contribution in [1.29, 1.82) is 0 Å². The van der Waals surface area contributed by atoms with Gasteiger partial charge in [0.15, 0.2) is 0 Å². The summed E-state index contributed by atoms with van der Waals surface area (Å²) >= 11 is 0. The molecule has 0 unspecified atom stereocenters. The number of likely N-dealkylation sites (tertiary alicyclic amines) is 1. The van der Waals surface area contributed by atoms with Gasteiger partial charge >= 0.3 is 6.03 Å². The quantitative estimate of drug-likeness (QED) is 0.677. The number of nitrogens with zero attached hydrogens (tertiary/aromatic N) is 3. The lowest BCUT2D eigenvalue weighted by atomic mass is 10.1. The maximum absolute atomic E-state index is 12.1. The number of amides is 4. The van der Waals surface area contributed by atoms with Crippen LogP contribution in [0.5, 0.6) is 0 Å². The number of urea groups is 1. The molecule has 8 nitrogen and oxygen atoms in total. The molecule has 2 heterocycles. The molecule has 2 aliphatic rings. The number of nitrogens with one attached hydrogen (secondary N) is 2. The summed E-state index contributed by atoms with van der Waals surface area (Å²) in [6.07, 6.45) is 1.65. The molecule has 2 aliphatic heterocycles. The fourth-order valence-corrected chi connectivity index (χ4v) is 2.65. The van der Waals surface area contributed by atoms with Gasteiger partial charge in [-0.3, -0.25) is 14.5 Å². The van der Waals surface area contributed by atoms with Crippen molar-refractivity contribution < 1.29 is 14.4 Å². The average molecular weight is 311 g/mol. The van der Waals surface area contributed by atoms with Crippen LogP contribution in [0.3, 0.4) is 0 Å². The molecule has 2 N–H and O–H groups in total. The second-order valence-corrected chi connectivity index (χ2v) is 6.06. The second-order valence-electron chi connectivity index (χ2n) is 6.06. The van der Waals surface area contributed by atoms with Gasteiger partial charge in [-0.2, -0.15) is 0 Å². The molecule has 0 aliphatic carbocycles. The van der Waals surface area contributed by atoms with E-state index in [-0.39, 0.29) is 30.4 Å². The number of hydrogen-bond acceptors (Lipinski definition) is 4. The summed E-state index contributed by atoms with van der Waals surface area (Å²) in [6.45, 7) is 3.21. The maximum Gasteiger partial charge on any atom is 0.318 e. The minimum atomic E-state index is -0.169. The van der Waals surface area contributed by atoms with Gasteiger partial charge in [-0.05, 0) is 12.8 Å². The summed E-state index contributed by atoms with van der Waals surface area (Å²) in [7, 11) is 3.51. The van der Waals surface area contributed by atoms with E-state index < -0.39 is 0 Å². The molecule has 2 saturated heterocycles. The Morgan fingerprint density at radius 1 is 1.27 bits per heavy atom. The van der Waals surface area contributed by atoms with Crippen molar-refractivity contribution in [2.75, 3.05) is 53.4 Å². The van der Waals surface area contributed by atoms with Gasteiger partial charge in [-0.1, -0.05) is 0 Å². The third kappa shape index (κ3) is 4.59. The summed E-state index contributed by atoms with van der Waals surface area (Å²) < 4.78 is 0. The highest BCUT2D eigenvalue weighted by Crippen LogP contribution is 2.11. The number of carbonyl (C=O) groups excluding carboxylic acids is 3. The largest absolute Gasteiger partial charge is 0.353 e. The van der Waals surface area contributed by atoms with E-state index in [9.17, 15) is 14.4 Å². The Kier molecular flexibility index (Phi) is 5.59. The van der Waals surface area contributed by atoms with Gasteiger partial charge in [0, 0.05) is 46.3 Å². The molecule has 8 heteroatoms. The Morgan fingerprint density at radius 2 is 1.95 bits per heavy atom. The van der Waals surface area contributed by atoms with Gasteiger partial charge < -0.3 is 20.4 Å². The van der Waals surface area contributed by atoms with Crippen LogP contribution in [0, 0.1) is 0 Å². The Balaban J connectivity index is 1.71. The lowest BCUT2D eigenvalue weighted by molar-refractivity contribution is -0.130. The Hall–Kier alpha value is -1.83. The highest BCUT2D eigenvalue weighted by Gasteiger charge is 2.26. The molecule has 2 fully saturated rings. The van der Waals surface area contributed by atoms with Gasteiger partial charge in [-0.25, -0.2) is 4.79 Å². The molecule has 0 spiro atoms. The van der Waals surface area contributed by atoms with Crippen molar-refractivity contribution in [2.45, 2.75) is 18.9 Å². The molecule has 0 radical (unpaired) electrons. The standard InChI is InChI=1S/C14H25N5O3/c1-17(2)13(21)10-18-6-3-11(4-7-18)16-14(22)19-8-5-15-12(20)9-19/h11H,3-10H2,1-2H3,(H,15,20)(H,16,22). The number of carbonyl (C=O) groups is 3. The first-order chi connectivity index (χ1) is 10.5. The number of rotatable bonds is 3. The van der Waals surface area contributed by atoms with Crippen LogP contribution in [0.25, 0.3) is 0 Å². The van der Waals surface area contributed by atoms with Crippen molar-refractivity contribution in [1.82, 2.24) is 25.3 Å². The van der Waals surface area contributed by atoms with E-state index in [1.165, 1.54) is 0 Å². The fourth-order valence-electron chi connectivity index (χ4n) is 2.65. The summed E-state index contributed by atoms with van der Waals surface area (Å²) in [5.74, 6) is -0.0137. The lowest BCUT2D eigenvalue weighted by Gasteiger charge is -2.34. The molecule has 2 rings (SSSR count). The first-order valence-corrected chi connectivity index (χ1v) is 7.70. The van der Waals surface area contributed by atoms with Gasteiger partial charge in [0.2, 0.25) is 11.8 Å². The van der Waals surface area contributed by atoms with E-state index in [2.05, 4.69) is 15.5 Å². The summed E-state index contributed by atoms with van der Waals surface area (Å²) in [6, 6.07) is -0.0548. The van der Waals surface area contributed by atoms with E-state index in [1.54, 1.807) is 23.9 Å². The van der Waals surface area contributed by atoms with E-state index in [4.69, 9.17) is 0 Å². The SMILES string of the molecule is CN(C)C(=O)CN1CCC(NC(=O)N2CCNC(=O)C2)CC1. The fraction of sp³-hybridized carbons (Fsp3) is 0.786. The number of piperidine rings is 1. The zero-order valence-electron chi connectivity index (χ0n) is 13.3. The Labute approximate surface area is 130 Å². The van der Waals surface area contributed by atoms with Gasteiger partial charge in [0.1, 0.15) is 6.54 Å². The van der Waals surface area contributed by atoms with Crippen molar-refractivity contribution in [3.8, 4) is 0 Å². The van der Waals surface area contributed by atoms with Crippen molar-refractivity contribution in [3.05, 3.63) is 0 Å². The molecule has 0 aromatic heterocycles. The minimum Gasteiger partial charge on any atom is -0.353 e. The first-order valence-electron chi connectivity index (χ1n) is 7.70. The molecular weight excluding hydrogens is 286 g/mol. The van der Waals surface area contributed by atoms with E-state index in [0.717, 1.165) is 25.9 Å². The highest BCUT2D eigenvalue weighted by molar-refractivity contribution is 5.85. The topological polar surface area (TPSA) is 85.0 Å². The lowest BCUT2D eigenvalue weighted by Crippen LogP contribution is -2.56. The second kappa shape index (κ2) is 7.44. The molecule has 0 aromatic carbocycles. The zero-order valence-corrected chi connectivity index (χ0v) is 13.3. The molecule has 0 atom stereocenters. The molecule has 0 bridgehead atoms. The third-order valence-corrected chi connectivity index (χ3v) is 4.10. The molecule has 0 saturated carbocycles. The Morgan fingerprint density at radius 3 is 2.55 bits per heavy atom. The van der Waals surface area contributed by atoms with Crippen molar-refractivity contribution >= 4 is 17.8 Å². The van der Waals surface area contributed by atoms with Crippen LogP contribution in [0.2, 0.25) is 0 Å². The van der Waals surface area contributed by atoms with Crippen LogP contribution in [0.1, 0.15) is 12.8 Å². The average Bonchev–Trinajstić information content (AvgIpc) is 2.49. The molecule has 124 valence electrons. The minimum absolute atomic E-state index is 0.0989. The molecule has 22 heavy (non-hydrogen) atoms. The van der Waals surface area contributed by atoms with Gasteiger partial charge in [-0.15, -0.1) is 0 Å². The van der Waals surface area contributed by atoms with Crippen molar-refractivity contribution in [2.24, 2.45) is 0 Å². The molecular formula is C14H25N5O3. The Bertz CT molecular complexity index is 432. The van der Waals surface area contributed by atoms with Crippen LogP contribution < -0.4 is 10.6 Å². The predicted molar refractivity (Wildman–Crippen MR) is 81.3 cm³/mol. The van der Waals surface area contributed by atoms with Crippen LogP contribution in [-0.4, -0.2) is 92.0 Å². The highest BCUT2D eigenvalue weighted by atomic mass is 16.2. The van der Waals surface area contributed by atoms with Crippen LogP contribution in [-0.2, 0) is 9.59 Å². The van der Waals surface area contributed by atoms with E-state index >= 15 is 0 Å². The van der Waals surface area contributed by atoms with Crippen LogP contribution in [0.15, 0.2) is 0 Å². The summed E-state index contributed by atoms with van der Waals surface area (Å²) in [5, 5.41) is 5.69. The van der Waals surface area contributed by atoms with Crippen LogP contribution >= 0.6 is 0 Å². The summed E-state index contributed by atoms with van der Waals surface area (Å²) in [5.41, 5.74) is 0. The van der Waals surface area contributed by atoms with E-state index in [1.807, 2.05) is 0 Å². The normalized spacial score (nSPS) is 20.5. The van der Waals surface area contributed by atoms with Crippen molar-refractivity contribution in [3.63, 3.8) is 0 Å². The zero-order chi connectivity index (χ0) is 16.1. The number of hydrogen-bond donors (Lipinski definition) is 2. The molecule has 4 amide bonds. The molecule has 0 aromatic rings. The predicted octanol–water partition coefficient (Wildman–Crippen LogP) is -1.32. The van der Waals surface area contributed by atoms with E-state index in [0.29, 0.717) is 19.6 Å². The monoisotopic (exact) mass is 311 g/mol. The first kappa shape index (κ1) is 16.5. The number of piperazine rings is 1. The smallest absolute Gasteiger partial charge is 0.318 e. The number of likely N-dealkylation sites (N-methyl/N-ethyl adjacent to an activating group) is 1. The van der Waals surface area contributed by atoms with Crippen LogP contribution in [0.4, 0.5) is 4.79 Å².